The zero-order valence-electron chi connectivity index (χ0n) is 48.5. The molecule has 6 nitrogen and oxygen atoms in total. The summed E-state index contributed by atoms with van der Waals surface area (Å²) < 4.78 is 16.9. The number of hydrogen-bond donors (Lipinski definition) is 0. The van der Waals surface area contributed by atoms with Crippen molar-refractivity contribution in [2.24, 2.45) is 0 Å². The Morgan fingerprint density at radius 3 is 0.827 bits per heavy atom. The van der Waals surface area contributed by atoms with E-state index >= 15 is 0 Å². The minimum atomic E-state index is -0.804. The molecule has 0 aliphatic heterocycles. The van der Waals surface area contributed by atoms with Gasteiger partial charge >= 0.3 is 17.9 Å². The summed E-state index contributed by atoms with van der Waals surface area (Å²) in [4.78, 5) is 38.2. The number of carbonyl (C=O) groups is 3. The number of ether oxygens (including phenoxy) is 3. The van der Waals surface area contributed by atoms with Crippen LogP contribution in [0.15, 0.2) is 134 Å². The highest BCUT2D eigenvalue weighted by molar-refractivity contribution is 5.71. The highest BCUT2D eigenvalue weighted by Gasteiger charge is 2.19. The molecule has 0 saturated heterocycles. The lowest BCUT2D eigenvalue weighted by Crippen LogP contribution is -2.30. The smallest absolute Gasteiger partial charge is 0.306 e. The molecule has 6 heteroatoms. The summed E-state index contributed by atoms with van der Waals surface area (Å²) in [6.45, 7) is 6.37. The standard InChI is InChI=1S/C69H112O6/c1-4-7-10-13-16-19-22-25-28-29-30-31-32-33-34-35-36-37-38-39-42-44-47-50-53-56-59-62-68(71)74-65-66(75-69(72)63-60-57-54-51-48-45-41-27-24-21-18-15-12-9-6-3)64-73-67(70)61-58-55-52-49-46-43-40-26-23-20-17-14-11-8-5-2/h7,9-10,12,16,18-19,21,25-28,30-31,33-34,36-37,39-42,66H,4-6,8,11,13-15,17,20,22-24,29,32,35,38,43-65H2,1-3H3/b10-7-,12-9-,19-16-,21-18-,28-25-,31-30-,34-33-,37-36-,40-26-,41-27-,42-39-. The molecule has 0 bridgehead atoms. The Labute approximate surface area is 462 Å². The molecule has 1 unspecified atom stereocenters. The van der Waals surface area contributed by atoms with E-state index in [0.29, 0.717) is 19.3 Å². The average Bonchev–Trinajstić information content (AvgIpc) is 3.41. The van der Waals surface area contributed by atoms with Crippen molar-refractivity contribution in [1.29, 1.82) is 0 Å². The van der Waals surface area contributed by atoms with Gasteiger partial charge in [0.2, 0.25) is 0 Å². The van der Waals surface area contributed by atoms with Gasteiger partial charge in [-0.25, -0.2) is 0 Å². The fraction of sp³-hybridized carbons (Fsp3) is 0.638. The molecule has 0 aromatic carbocycles. The van der Waals surface area contributed by atoms with Crippen LogP contribution in [0, 0.1) is 0 Å². The molecule has 0 aromatic heterocycles. The Kier molecular flexibility index (Phi) is 58.4. The maximum absolute atomic E-state index is 12.9. The van der Waals surface area contributed by atoms with Gasteiger partial charge in [0.1, 0.15) is 13.2 Å². The first kappa shape index (κ1) is 70.5. The van der Waals surface area contributed by atoms with Gasteiger partial charge in [-0.15, -0.1) is 0 Å². The lowest BCUT2D eigenvalue weighted by Gasteiger charge is -2.18. The van der Waals surface area contributed by atoms with Crippen molar-refractivity contribution in [3.05, 3.63) is 134 Å². The molecule has 424 valence electrons. The first-order chi connectivity index (χ1) is 37.0. The monoisotopic (exact) mass is 1040 g/mol. The largest absolute Gasteiger partial charge is 0.462 e. The van der Waals surface area contributed by atoms with Crippen LogP contribution < -0.4 is 0 Å². The summed E-state index contributed by atoms with van der Waals surface area (Å²) in [6, 6.07) is 0. The highest BCUT2D eigenvalue weighted by atomic mass is 16.6. The fourth-order valence-corrected chi connectivity index (χ4v) is 8.08. The third-order valence-corrected chi connectivity index (χ3v) is 12.6. The summed E-state index contributed by atoms with van der Waals surface area (Å²) in [5.74, 6) is -0.945. The van der Waals surface area contributed by atoms with Crippen LogP contribution in [0.4, 0.5) is 0 Å². The molecule has 0 aliphatic carbocycles. The predicted molar refractivity (Wildman–Crippen MR) is 325 cm³/mol. The van der Waals surface area contributed by atoms with Crippen molar-refractivity contribution >= 4 is 17.9 Å². The van der Waals surface area contributed by atoms with Gasteiger partial charge in [0.15, 0.2) is 6.10 Å². The van der Waals surface area contributed by atoms with Gasteiger partial charge < -0.3 is 14.2 Å². The van der Waals surface area contributed by atoms with Gasteiger partial charge in [-0.2, -0.15) is 0 Å². The summed E-state index contributed by atoms with van der Waals surface area (Å²) >= 11 is 0. The molecule has 0 spiro atoms. The second-order valence-electron chi connectivity index (χ2n) is 19.8. The number of allylic oxidation sites excluding steroid dienone is 22. The molecule has 0 fully saturated rings. The van der Waals surface area contributed by atoms with Crippen LogP contribution in [0.5, 0.6) is 0 Å². The van der Waals surface area contributed by atoms with Crippen LogP contribution in [0.25, 0.3) is 0 Å². The maximum atomic E-state index is 12.9. The predicted octanol–water partition coefficient (Wildman–Crippen LogP) is 21.0. The van der Waals surface area contributed by atoms with Crippen LogP contribution in [0.3, 0.4) is 0 Å². The Morgan fingerprint density at radius 2 is 0.520 bits per heavy atom. The van der Waals surface area contributed by atoms with Crippen LogP contribution in [-0.2, 0) is 28.6 Å². The van der Waals surface area contributed by atoms with E-state index in [1.807, 2.05) is 0 Å². The highest BCUT2D eigenvalue weighted by Crippen LogP contribution is 2.14. The number of esters is 3. The summed E-state index contributed by atoms with van der Waals surface area (Å²) in [7, 11) is 0. The van der Waals surface area contributed by atoms with E-state index in [0.717, 1.165) is 173 Å². The van der Waals surface area contributed by atoms with E-state index in [-0.39, 0.29) is 31.1 Å². The first-order valence-corrected chi connectivity index (χ1v) is 30.7. The molecular formula is C69H112O6. The molecule has 75 heavy (non-hydrogen) atoms. The Bertz CT molecular complexity index is 1620. The van der Waals surface area contributed by atoms with E-state index in [9.17, 15) is 14.4 Å². The number of carbonyl (C=O) groups excluding carboxylic acids is 3. The molecular weight excluding hydrogens is 925 g/mol. The van der Waals surface area contributed by atoms with Crippen LogP contribution >= 0.6 is 0 Å². The van der Waals surface area contributed by atoms with E-state index < -0.39 is 6.10 Å². The Morgan fingerprint density at radius 1 is 0.280 bits per heavy atom. The fourth-order valence-electron chi connectivity index (χ4n) is 8.08. The molecule has 0 radical (unpaired) electrons. The van der Waals surface area contributed by atoms with Crippen molar-refractivity contribution in [3.63, 3.8) is 0 Å². The topological polar surface area (TPSA) is 78.9 Å². The molecule has 0 amide bonds. The lowest BCUT2D eigenvalue weighted by atomic mass is 10.1. The molecule has 0 rings (SSSR count). The van der Waals surface area contributed by atoms with Crippen LogP contribution in [0.1, 0.15) is 265 Å². The summed E-state index contributed by atoms with van der Waals surface area (Å²) in [5.41, 5.74) is 0. The van der Waals surface area contributed by atoms with Gasteiger partial charge in [0.05, 0.1) is 0 Å². The minimum Gasteiger partial charge on any atom is -0.462 e. The van der Waals surface area contributed by atoms with E-state index in [1.165, 1.54) is 51.4 Å². The quantitative estimate of drug-likeness (QED) is 0.0261. The van der Waals surface area contributed by atoms with E-state index in [1.54, 1.807) is 0 Å². The van der Waals surface area contributed by atoms with Gasteiger partial charge in [0.25, 0.3) is 0 Å². The van der Waals surface area contributed by atoms with Crippen molar-refractivity contribution in [2.75, 3.05) is 13.2 Å². The lowest BCUT2D eigenvalue weighted by molar-refractivity contribution is -0.167. The third-order valence-electron chi connectivity index (χ3n) is 12.6. The zero-order chi connectivity index (χ0) is 54.3. The van der Waals surface area contributed by atoms with Gasteiger partial charge in [-0.1, -0.05) is 244 Å². The summed E-state index contributed by atoms with van der Waals surface area (Å²) in [6.07, 6.45) is 87.3. The molecule has 1 atom stereocenters. The van der Waals surface area contributed by atoms with Gasteiger partial charge in [0, 0.05) is 19.3 Å². The SMILES string of the molecule is CC/C=C\C/C=C\C/C=C\C/C=C\C/C=C\C/C=C\C/C=C\CCCCCCCC(=O)OCC(COC(=O)CCCCCCC/C=C\CCCCCCCC)OC(=O)CCCCCCC/C=C\C/C=C\C/C=C\CC. The molecule has 0 heterocycles. The molecule has 0 N–H and O–H groups in total. The van der Waals surface area contributed by atoms with Gasteiger partial charge in [-0.05, 0) is 135 Å². The molecule has 0 aromatic rings. The Hall–Kier alpha value is -4.45. The van der Waals surface area contributed by atoms with Crippen molar-refractivity contribution in [2.45, 2.75) is 271 Å². The molecule has 0 aliphatic rings. The molecule has 0 saturated carbocycles. The van der Waals surface area contributed by atoms with Gasteiger partial charge in [-0.3, -0.25) is 14.4 Å². The van der Waals surface area contributed by atoms with Crippen molar-refractivity contribution < 1.29 is 28.6 Å². The van der Waals surface area contributed by atoms with Crippen molar-refractivity contribution in [3.8, 4) is 0 Å². The Balaban J connectivity index is 4.42. The zero-order valence-corrected chi connectivity index (χ0v) is 48.5. The number of unbranched alkanes of at least 4 members (excludes halogenated alkanes) is 21. The van der Waals surface area contributed by atoms with E-state index in [2.05, 4.69) is 154 Å². The second kappa shape index (κ2) is 62.1. The van der Waals surface area contributed by atoms with Crippen LogP contribution in [-0.4, -0.2) is 37.2 Å². The average molecular weight is 1040 g/mol. The maximum Gasteiger partial charge on any atom is 0.306 e. The summed E-state index contributed by atoms with van der Waals surface area (Å²) in [5, 5.41) is 0. The van der Waals surface area contributed by atoms with Crippen LogP contribution in [0.2, 0.25) is 0 Å². The van der Waals surface area contributed by atoms with E-state index in [4.69, 9.17) is 14.2 Å². The normalized spacial score (nSPS) is 13.1. The van der Waals surface area contributed by atoms with Crippen molar-refractivity contribution in [1.82, 2.24) is 0 Å². The minimum absolute atomic E-state index is 0.0992. The first-order valence-electron chi connectivity index (χ1n) is 30.7. The third kappa shape index (κ3) is 60.3. The second-order valence-corrected chi connectivity index (χ2v) is 19.8. The number of rotatable bonds is 54. The number of hydrogen-bond acceptors (Lipinski definition) is 6.